The number of sulfonamides is 1. The number of nitrogens with one attached hydrogen (secondary N) is 1. The maximum atomic E-state index is 13.0. The lowest BCUT2D eigenvalue weighted by atomic mass is 10.1. The van der Waals surface area contributed by atoms with E-state index < -0.39 is 22.0 Å². The summed E-state index contributed by atoms with van der Waals surface area (Å²) in [6.45, 7) is 1.46. The molecule has 3 aromatic rings. The van der Waals surface area contributed by atoms with Crippen molar-refractivity contribution in [1.29, 1.82) is 0 Å². The number of halogens is 1. The van der Waals surface area contributed by atoms with Crippen LogP contribution in [0.5, 0.6) is 5.75 Å². The number of anilines is 1. The van der Waals surface area contributed by atoms with Crippen LogP contribution >= 0.6 is 27.3 Å². The maximum absolute atomic E-state index is 13.0. The largest absolute Gasteiger partial charge is 0.479 e. The Hall–Kier alpha value is -2.97. The molecule has 1 aromatic heterocycles. The number of benzene rings is 2. The van der Waals surface area contributed by atoms with E-state index in [4.69, 9.17) is 14.2 Å². The van der Waals surface area contributed by atoms with Crippen LogP contribution in [0.15, 0.2) is 59.1 Å². The predicted molar refractivity (Wildman–Crippen MR) is 175 cm³/mol. The van der Waals surface area contributed by atoms with Gasteiger partial charge in [-0.2, -0.15) is 0 Å². The van der Waals surface area contributed by atoms with E-state index in [0.29, 0.717) is 41.4 Å². The Morgan fingerprint density at radius 3 is 2.43 bits per heavy atom. The zero-order chi connectivity index (χ0) is 31.9. The molecule has 2 aromatic carbocycles. The molecule has 44 heavy (non-hydrogen) atoms. The van der Waals surface area contributed by atoms with Gasteiger partial charge in [0, 0.05) is 24.8 Å². The first-order valence-corrected chi connectivity index (χ1v) is 17.5. The van der Waals surface area contributed by atoms with Crippen molar-refractivity contribution in [2.24, 2.45) is 0 Å². The van der Waals surface area contributed by atoms with Crippen molar-refractivity contribution in [2.45, 2.75) is 24.6 Å². The topological polar surface area (TPSA) is 111 Å². The van der Waals surface area contributed by atoms with Crippen LogP contribution in [0, 0.1) is 0 Å². The van der Waals surface area contributed by atoms with E-state index >= 15 is 0 Å². The Morgan fingerprint density at radius 1 is 1.07 bits per heavy atom. The highest BCUT2D eigenvalue weighted by molar-refractivity contribution is 9.10. The number of likely N-dealkylation sites (N-methyl/N-ethyl adjacent to an activating group) is 1. The van der Waals surface area contributed by atoms with Gasteiger partial charge in [-0.3, -0.25) is 0 Å². The van der Waals surface area contributed by atoms with Gasteiger partial charge in [-0.25, -0.2) is 22.3 Å². The summed E-state index contributed by atoms with van der Waals surface area (Å²) in [5, 5.41) is 3.54. The van der Waals surface area contributed by atoms with E-state index in [2.05, 4.69) is 21.2 Å². The molecule has 0 bridgehead atoms. The summed E-state index contributed by atoms with van der Waals surface area (Å²) in [7, 11) is 3.92. The van der Waals surface area contributed by atoms with Gasteiger partial charge in [-0.05, 0) is 52.0 Å². The zero-order valence-electron chi connectivity index (χ0n) is 25.4. The van der Waals surface area contributed by atoms with Gasteiger partial charge in [0.25, 0.3) is 0 Å². The molecule has 0 spiro atoms. The molecule has 0 unspecified atom stereocenters. The molecule has 13 heteroatoms. The first-order valence-electron chi connectivity index (χ1n) is 14.2. The number of hydrogen-bond acceptors (Lipinski definition) is 9. The molecule has 1 saturated heterocycles. The van der Waals surface area contributed by atoms with Crippen LogP contribution in [-0.2, 0) is 30.0 Å². The first-order chi connectivity index (χ1) is 20.9. The summed E-state index contributed by atoms with van der Waals surface area (Å²) in [5.41, 5.74) is 2.49. The van der Waals surface area contributed by atoms with E-state index in [-0.39, 0.29) is 35.6 Å². The van der Waals surface area contributed by atoms with Crippen molar-refractivity contribution in [1.82, 2.24) is 4.31 Å². The van der Waals surface area contributed by atoms with Gasteiger partial charge < -0.3 is 24.0 Å². The van der Waals surface area contributed by atoms with Crippen LogP contribution in [0.4, 0.5) is 5.69 Å². The molecule has 0 saturated carbocycles. The summed E-state index contributed by atoms with van der Waals surface area (Å²) in [4.78, 5) is 25.9. The Balaban J connectivity index is 1.41. The van der Waals surface area contributed by atoms with Crippen LogP contribution in [-0.4, -0.2) is 96.3 Å². The summed E-state index contributed by atoms with van der Waals surface area (Å²) < 4.78 is 44.7. The van der Waals surface area contributed by atoms with E-state index in [1.807, 2.05) is 75.7 Å². The maximum Gasteiger partial charge on any atom is 0.351 e. The number of hydrogen-bond donors (Lipinski definition) is 1. The minimum Gasteiger partial charge on any atom is -0.479 e. The SMILES string of the molecule is COC(=O)c1sc(-c2cccc(NC3CCN(S(=O)(=O)Cc4ccccc4)CC3)c2)c(Br)c1OCC(=O)OCC[N+](C)(C)C. The number of carbonyl (C=O) groups is 2. The van der Waals surface area contributed by atoms with Crippen LogP contribution in [0.2, 0.25) is 0 Å². The van der Waals surface area contributed by atoms with Crippen molar-refractivity contribution in [3.63, 3.8) is 0 Å². The second-order valence-electron chi connectivity index (χ2n) is 11.6. The fourth-order valence-corrected chi connectivity index (χ4v) is 8.21. The quantitative estimate of drug-likeness (QED) is 0.195. The second-order valence-corrected chi connectivity index (χ2v) is 15.3. The summed E-state index contributed by atoms with van der Waals surface area (Å²) in [5.74, 6) is -0.874. The Morgan fingerprint density at radius 2 is 1.77 bits per heavy atom. The standard InChI is InChI=1S/C31H39BrN3O7S2/c1-35(2,3)17-18-41-26(36)20-42-28-27(32)29(43-30(28)31(37)40-4)23-11-8-12-25(19-23)33-24-13-15-34(16-14-24)44(38,39)21-22-9-6-5-7-10-22/h5-12,19,24,33H,13-18,20-21H2,1-4H3/q+1. The molecule has 4 rings (SSSR count). The Labute approximate surface area is 271 Å². The minimum absolute atomic E-state index is 0.000687. The minimum atomic E-state index is -3.39. The molecule has 238 valence electrons. The van der Waals surface area contributed by atoms with Gasteiger partial charge in [-0.15, -0.1) is 11.3 Å². The number of ether oxygens (including phenoxy) is 3. The van der Waals surface area contributed by atoms with Crippen LogP contribution < -0.4 is 10.1 Å². The molecule has 1 fully saturated rings. The van der Waals surface area contributed by atoms with Crippen molar-refractivity contribution < 1.29 is 36.7 Å². The van der Waals surface area contributed by atoms with Crippen LogP contribution in [0.3, 0.4) is 0 Å². The van der Waals surface area contributed by atoms with Crippen molar-refractivity contribution in [3.8, 4) is 16.2 Å². The Bertz CT molecular complexity index is 1550. The fraction of sp³-hybridized carbons (Fsp3) is 0.419. The summed E-state index contributed by atoms with van der Waals surface area (Å²) in [6, 6.07) is 17.1. The predicted octanol–water partition coefficient (Wildman–Crippen LogP) is 5.00. The van der Waals surface area contributed by atoms with Gasteiger partial charge >= 0.3 is 11.9 Å². The third kappa shape index (κ3) is 9.27. The monoisotopic (exact) mass is 708 g/mol. The molecular formula is C31H39BrN3O7S2+. The molecule has 1 aliphatic rings. The molecule has 2 heterocycles. The smallest absolute Gasteiger partial charge is 0.351 e. The highest BCUT2D eigenvalue weighted by Gasteiger charge is 2.29. The van der Waals surface area contributed by atoms with Crippen LogP contribution in [0.1, 0.15) is 28.1 Å². The van der Waals surface area contributed by atoms with Crippen molar-refractivity contribution in [3.05, 3.63) is 69.5 Å². The zero-order valence-corrected chi connectivity index (χ0v) is 28.6. The third-order valence-electron chi connectivity index (χ3n) is 7.07. The highest BCUT2D eigenvalue weighted by Crippen LogP contribution is 2.46. The lowest BCUT2D eigenvalue weighted by Gasteiger charge is -2.32. The summed E-state index contributed by atoms with van der Waals surface area (Å²) >= 11 is 4.78. The highest BCUT2D eigenvalue weighted by atomic mass is 79.9. The van der Waals surface area contributed by atoms with Crippen LogP contribution in [0.25, 0.3) is 10.4 Å². The van der Waals surface area contributed by atoms with E-state index in [0.717, 1.165) is 21.7 Å². The van der Waals surface area contributed by atoms with Crippen molar-refractivity contribution in [2.75, 3.05) is 66.4 Å². The number of carbonyl (C=O) groups excluding carboxylic acids is 2. The molecule has 10 nitrogen and oxygen atoms in total. The number of methoxy groups -OCH3 is 1. The molecule has 0 atom stereocenters. The lowest BCUT2D eigenvalue weighted by Crippen LogP contribution is -2.42. The molecule has 0 aliphatic carbocycles. The van der Waals surface area contributed by atoms with Gasteiger partial charge in [0.2, 0.25) is 10.0 Å². The average Bonchev–Trinajstić information content (AvgIpc) is 3.31. The van der Waals surface area contributed by atoms with E-state index in [1.165, 1.54) is 18.4 Å². The van der Waals surface area contributed by atoms with E-state index in [1.54, 1.807) is 4.31 Å². The summed E-state index contributed by atoms with van der Waals surface area (Å²) in [6.07, 6.45) is 1.35. The second kappa shape index (κ2) is 14.9. The number of piperidine rings is 1. The number of quaternary nitrogens is 1. The molecule has 1 aliphatic heterocycles. The number of nitrogens with zero attached hydrogens (tertiary/aromatic N) is 2. The van der Waals surface area contributed by atoms with Gasteiger partial charge in [0.05, 0.1) is 43.4 Å². The lowest BCUT2D eigenvalue weighted by molar-refractivity contribution is -0.870. The number of rotatable bonds is 13. The molecule has 1 N–H and O–H groups in total. The molecular weight excluding hydrogens is 670 g/mol. The normalized spacial score (nSPS) is 14.7. The molecule has 0 radical (unpaired) electrons. The third-order valence-corrected chi connectivity index (χ3v) is 11.1. The number of esters is 2. The fourth-order valence-electron chi connectivity index (χ4n) is 4.68. The average molecular weight is 710 g/mol. The molecule has 0 amide bonds. The van der Waals surface area contributed by atoms with Gasteiger partial charge in [0.1, 0.15) is 13.2 Å². The first kappa shape index (κ1) is 33.9. The van der Waals surface area contributed by atoms with Gasteiger partial charge in [-0.1, -0.05) is 42.5 Å². The van der Waals surface area contributed by atoms with Crippen molar-refractivity contribution >= 4 is 54.9 Å². The van der Waals surface area contributed by atoms with E-state index in [9.17, 15) is 18.0 Å². The number of thiophene rings is 1. The van der Waals surface area contributed by atoms with Gasteiger partial charge in [0.15, 0.2) is 17.2 Å². The Kier molecular flexibility index (Phi) is 11.5.